The van der Waals surface area contributed by atoms with Crippen molar-refractivity contribution < 1.29 is 189 Å². The molecule has 127 heavy (non-hydrogen) atoms. The molecule has 7 unspecified atom stereocenters. The van der Waals surface area contributed by atoms with Crippen molar-refractivity contribution in [3.63, 3.8) is 0 Å². The molecular formula is C85H152N4O38. The van der Waals surface area contributed by atoms with Gasteiger partial charge < -0.3 is 176 Å². The second-order valence-electron chi connectivity index (χ2n) is 35.4. The molecule has 0 aromatic rings. The second kappa shape index (κ2) is 56.4. The average molecular weight is 1840 g/mol. The molecule has 0 bridgehead atoms. The van der Waals surface area contributed by atoms with E-state index >= 15 is 0 Å². The van der Waals surface area contributed by atoms with Crippen LogP contribution in [0.3, 0.4) is 0 Å². The van der Waals surface area contributed by atoms with Gasteiger partial charge in [0, 0.05) is 39.0 Å². The highest BCUT2D eigenvalue weighted by Gasteiger charge is 2.64. The Labute approximate surface area is 741 Å². The average Bonchev–Trinajstić information content (AvgIpc) is 0.744. The Morgan fingerprint density at radius 3 is 1.38 bits per heavy atom. The van der Waals surface area contributed by atoms with Gasteiger partial charge in [0.15, 0.2) is 18.2 Å². The second-order valence-corrected chi connectivity index (χ2v) is 35.4. The maximum atomic E-state index is 14.3. The van der Waals surface area contributed by atoms with Crippen LogP contribution < -0.4 is 21.3 Å². The van der Waals surface area contributed by atoms with Gasteiger partial charge in [-0.2, -0.15) is 0 Å². The number of amides is 4. The highest BCUT2D eigenvalue weighted by atomic mass is 16.8. The third-order valence-electron chi connectivity index (χ3n) is 25.2. The van der Waals surface area contributed by atoms with E-state index in [4.69, 9.17) is 42.6 Å². The van der Waals surface area contributed by atoms with Crippen LogP contribution in [0, 0.1) is 11.8 Å². The first-order valence-electron chi connectivity index (χ1n) is 45.6. The summed E-state index contributed by atoms with van der Waals surface area (Å²) in [6, 6.07) is -7.51. The number of ether oxygens (including phenoxy) is 9. The summed E-state index contributed by atoms with van der Waals surface area (Å²) < 4.78 is 52.9. The summed E-state index contributed by atoms with van der Waals surface area (Å²) in [5.41, 5.74) is -3.10. The number of aliphatic hydroxyl groups is 19. The summed E-state index contributed by atoms with van der Waals surface area (Å²) in [7, 11) is 0. The maximum Gasteiger partial charge on any atom is 0.364 e. The van der Waals surface area contributed by atoms with Gasteiger partial charge in [-0.1, -0.05) is 194 Å². The van der Waals surface area contributed by atoms with Crippen LogP contribution in [0.5, 0.6) is 0 Å². The normalized spacial score (nSPS) is 32.7. The van der Waals surface area contributed by atoms with Crippen LogP contribution in [0.4, 0.5) is 0 Å². The Morgan fingerprint density at radius 2 is 0.906 bits per heavy atom. The molecule has 1 aliphatic carbocycles. The van der Waals surface area contributed by atoms with E-state index < -0.39 is 301 Å². The van der Waals surface area contributed by atoms with Crippen LogP contribution in [0.25, 0.3) is 0 Å². The number of carboxylic acid groups (broad SMARTS) is 3. The van der Waals surface area contributed by atoms with Gasteiger partial charge in [-0.05, 0) is 32.1 Å². The van der Waals surface area contributed by atoms with Crippen LogP contribution in [-0.2, 0) is 76.2 Å². The molecule has 4 saturated heterocycles. The van der Waals surface area contributed by atoms with E-state index in [-0.39, 0.29) is 12.8 Å². The summed E-state index contributed by atoms with van der Waals surface area (Å²) in [5, 5.41) is 254. The molecule has 5 fully saturated rings. The maximum absolute atomic E-state index is 14.3. The summed E-state index contributed by atoms with van der Waals surface area (Å²) in [4.78, 5) is 95.7. The van der Waals surface area contributed by atoms with E-state index in [0.29, 0.717) is 31.6 Å². The molecule has 26 N–H and O–H groups in total. The molecule has 4 amide bonds. The number of hydrogen-bond acceptors (Lipinski definition) is 35. The van der Waals surface area contributed by atoms with Crippen LogP contribution in [-0.4, -0.2) is 382 Å². The first-order valence-corrected chi connectivity index (χ1v) is 45.6. The third-order valence-corrected chi connectivity index (χ3v) is 25.2. The zero-order valence-corrected chi connectivity index (χ0v) is 74.3. The van der Waals surface area contributed by atoms with Gasteiger partial charge in [0.1, 0.15) is 104 Å². The first kappa shape index (κ1) is 113. The number of carbonyl (C=O) groups is 7. The smallest absolute Gasteiger partial charge is 0.364 e. The van der Waals surface area contributed by atoms with Crippen molar-refractivity contribution in [3.8, 4) is 0 Å². The molecule has 42 nitrogen and oxygen atoms in total. The van der Waals surface area contributed by atoms with Gasteiger partial charge in [0.25, 0.3) is 11.6 Å². The molecule has 0 aromatic carbocycles. The minimum atomic E-state index is -3.41. The van der Waals surface area contributed by atoms with Crippen molar-refractivity contribution in [2.45, 2.75) is 442 Å². The number of carboxylic acids is 3. The number of unbranched alkanes of at least 4 members (excludes halogenated alkanes) is 23. The monoisotopic (exact) mass is 1840 g/mol. The Bertz CT molecular complexity index is 3200. The SMILES string of the molecule is CCCCCCCCCCCCCCCCCCCC[C@@H](O)C(=O)N[C@@H](CO[C@@H]1O[C@H](CO[C@]2(C(=O)O)C[C@H](O[C@]3(C(=O)O)C[C@H](O)[C@@H](NC(=O)CO[C@]4(C(=O)O)C[C@H](O[C@H]5O[C@@H](C)[C@@H](O)[C@@H](O)[C@@H]5O)[C@@H](NC(C)=O)[C@H](C(O)C(O)CO)O4)[C@H](C(O)C(O)CO)C3)[C@@H](NC(C)=O)[C@H](C(O)C(O)CO)O2)[C@@H](O)[C@H](O)[C@H]1O)[C@H](O)[C@H](O)CCCCCCCCCC(C)CC. The highest BCUT2D eigenvalue weighted by Crippen LogP contribution is 2.45. The molecular weight excluding hydrogens is 1680 g/mol. The molecule has 4 heterocycles. The number of hydrogen-bond donors (Lipinski definition) is 26. The lowest BCUT2D eigenvalue weighted by Crippen LogP contribution is -2.71. The number of nitrogens with one attached hydrogen (secondary N) is 4. The van der Waals surface area contributed by atoms with Gasteiger partial charge in [-0.25, -0.2) is 14.4 Å². The molecule has 42 heteroatoms. The van der Waals surface area contributed by atoms with Crippen LogP contribution in [0.1, 0.15) is 253 Å². The third kappa shape index (κ3) is 33.9. The largest absolute Gasteiger partial charge is 0.479 e. The Hall–Kier alpha value is -4.83. The van der Waals surface area contributed by atoms with Crippen molar-refractivity contribution in [3.05, 3.63) is 0 Å². The fourth-order valence-corrected chi connectivity index (χ4v) is 17.2. The topological polar surface area (TPSA) is 696 Å². The van der Waals surface area contributed by atoms with Gasteiger partial charge in [-0.3, -0.25) is 19.2 Å². The minimum Gasteiger partial charge on any atom is -0.479 e. The molecule has 740 valence electrons. The fraction of sp³-hybridized carbons (Fsp3) is 0.918. The van der Waals surface area contributed by atoms with E-state index in [1.54, 1.807) is 0 Å². The summed E-state index contributed by atoms with van der Waals surface area (Å²) in [6.45, 7) is 2.11. The molecule has 5 rings (SSSR count). The molecule has 1 saturated carbocycles. The first-order chi connectivity index (χ1) is 60.1. The van der Waals surface area contributed by atoms with Crippen molar-refractivity contribution in [2.24, 2.45) is 11.8 Å². The van der Waals surface area contributed by atoms with E-state index in [9.17, 15) is 146 Å². The summed E-state index contributed by atoms with van der Waals surface area (Å²) >= 11 is 0. The lowest BCUT2D eigenvalue weighted by molar-refractivity contribution is -0.346. The van der Waals surface area contributed by atoms with Crippen LogP contribution >= 0.6 is 0 Å². The van der Waals surface area contributed by atoms with Crippen LogP contribution in [0.2, 0.25) is 0 Å². The lowest BCUT2D eigenvalue weighted by Gasteiger charge is -2.52. The van der Waals surface area contributed by atoms with E-state index in [2.05, 4.69) is 42.0 Å². The Kier molecular flexibility index (Phi) is 50.0. The molecule has 5 aliphatic rings. The summed E-state index contributed by atoms with van der Waals surface area (Å²) in [6.07, 6.45) is -26.6. The molecule has 0 spiro atoms. The predicted molar refractivity (Wildman–Crippen MR) is 444 cm³/mol. The molecule has 33 atom stereocenters. The standard InChI is InChI=1S/C85H152N4O38/c1-7-9-10-11-12-13-14-15-16-17-18-19-20-21-22-25-29-32-35-53(96)77(112)88-51(67(104)52(95)34-31-28-26-23-24-27-30-33-46(3)8-2)43-119-78-73(110)72(109)70(107)60(124-78)44-120-85(82(117)118)39-59(64(87-49(6)94)76(127-85)69(106)57(100)42-92)125-83(80(113)114)36-50(66(103)55(98)40-90)62(54(97)37-83)89-61(101)45-121-84(81(115)116)38-58(123-79-74(111)71(108)65(102)47(4)122-79)63(86-48(5)93)75(126-84)68(105)56(99)41-91/h46-47,50-60,62-76,78-79,90-92,95-100,102-111H,7-45H2,1-6H3,(H,86,93)(H,87,94)(H,88,112)(H,89,101)(H,113,114)(H,115,116)(H,117,118)/t46?,47-,50+,51-,52+,53+,54-,55?,56?,57?,58-,59-,60+,62-,63+,64+,65+,66?,67-,68?,69?,70+,71+,72-,73+,74-,75+,76+,78+,79+,83-,84+,85+/m0/s1. The molecule has 0 radical (unpaired) electrons. The predicted octanol–water partition coefficient (Wildman–Crippen LogP) is -2.63. The van der Waals surface area contributed by atoms with Gasteiger partial charge in [-0.15, -0.1) is 0 Å². The summed E-state index contributed by atoms with van der Waals surface area (Å²) in [5.74, 6) is -19.0. The van der Waals surface area contributed by atoms with Gasteiger partial charge in [0.05, 0.1) is 93.8 Å². The Balaban J connectivity index is 1.39. The quantitative estimate of drug-likeness (QED) is 0.0277. The minimum absolute atomic E-state index is 0.0248. The van der Waals surface area contributed by atoms with Crippen LogP contribution in [0.15, 0.2) is 0 Å². The molecule has 4 aliphatic heterocycles. The lowest BCUT2D eigenvalue weighted by atomic mass is 9.69. The van der Waals surface area contributed by atoms with Gasteiger partial charge in [0.2, 0.25) is 23.6 Å². The van der Waals surface area contributed by atoms with Crippen molar-refractivity contribution >= 4 is 41.5 Å². The zero-order chi connectivity index (χ0) is 94.6. The van der Waals surface area contributed by atoms with Gasteiger partial charge >= 0.3 is 17.9 Å². The van der Waals surface area contributed by atoms with E-state index in [1.165, 1.54) is 77.6 Å². The number of aliphatic hydroxyl groups excluding tert-OH is 19. The Morgan fingerprint density at radius 1 is 0.465 bits per heavy atom. The molecule has 0 aromatic heterocycles. The van der Waals surface area contributed by atoms with Crippen molar-refractivity contribution in [1.82, 2.24) is 21.3 Å². The number of carbonyl (C=O) groups excluding carboxylic acids is 4. The van der Waals surface area contributed by atoms with E-state index in [1.807, 2.05) is 0 Å². The highest BCUT2D eigenvalue weighted by molar-refractivity contribution is 5.82. The van der Waals surface area contributed by atoms with Crippen molar-refractivity contribution in [1.29, 1.82) is 0 Å². The van der Waals surface area contributed by atoms with E-state index in [0.717, 1.165) is 90.9 Å². The zero-order valence-electron chi connectivity index (χ0n) is 74.3. The number of rotatable bonds is 62. The fourth-order valence-electron chi connectivity index (χ4n) is 17.2. The number of aliphatic carboxylic acids is 3. The van der Waals surface area contributed by atoms with Crippen molar-refractivity contribution in [2.75, 3.05) is 39.6 Å².